The van der Waals surface area contributed by atoms with Crippen molar-refractivity contribution in [3.8, 4) is 0 Å². The van der Waals surface area contributed by atoms with Crippen LogP contribution in [0.1, 0.15) is 11.1 Å². The van der Waals surface area contributed by atoms with Crippen molar-refractivity contribution < 1.29 is 19.5 Å². The fourth-order valence-corrected chi connectivity index (χ4v) is 1.67. The highest BCUT2D eigenvalue weighted by atomic mass is 16.4. The minimum Gasteiger partial charge on any atom is -0.480 e. The second-order valence-electron chi connectivity index (χ2n) is 4.21. The van der Waals surface area contributed by atoms with Crippen molar-refractivity contribution in [2.75, 3.05) is 13.1 Å². The van der Waals surface area contributed by atoms with E-state index in [1.807, 2.05) is 19.1 Å². The van der Waals surface area contributed by atoms with Crippen molar-refractivity contribution in [1.29, 1.82) is 0 Å². The average molecular weight is 264 g/mol. The Morgan fingerprint density at radius 3 is 2.37 bits per heavy atom. The second kappa shape index (κ2) is 6.53. The summed E-state index contributed by atoms with van der Waals surface area (Å²) in [6, 6.07) is 7.29. The molecule has 0 unspecified atom stereocenters. The Morgan fingerprint density at radius 2 is 1.84 bits per heavy atom. The van der Waals surface area contributed by atoms with Gasteiger partial charge >= 0.3 is 5.97 Å². The van der Waals surface area contributed by atoms with Crippen molar-refractivity contribution in [3.63, 3.8) is 0 Å². The monoisotopic (exact) mass is 264 g/mol. The molecule has 102 valence electrons. The number of rotatable bonds is 6. The molecule has 0 saturated heterocycles. The van der Waals surface area contributed by atoms with Gasteiger partial charge in [0, 0.05) is 0 Å². The van der Waals surface area contributed by atoms with Crippen LogP contribution in [0, 0.1) is 6.92 Å². The van der Waals surface area contributed by atoms with Crippen molar-refractivity contribution in [1.82, 2.24) is 4.90 Å². The fourth-order valence-electron chi connectivity index (χ4n) is 1.67. The summed E-state index contributed by atoms with van der Waals surface area (Å²) in [5.41, 5.74) is 6.74. The van der Waals surface area contributed by atoms with E-state index >= 15 is 0 Å². The molecule has 1 rings (SSSR count). The van der Waals surface area contributed by atoms with Gasteiger partial charge in [0.15, 0.2) is 0 Å². The molecule has 0 aliphatic rings. The summed E-state index contributed by atoms with van der Waals surface area (Å²) in [5, 5.41) is 8.72. The summed E-state index contributed by atoms with van der Waals surface area (Å²) in [5.74, 6) is -2.35. The van der Waals surface area contributed by atoms with E-state index in [0.29, 0.717) is 0 Å². The van der Waals surface area contributed by atoms with E-state index in [1.54, 1.807) is 12.1 Å². The molecule has 1 aromatic carbocycles. The number of nitrogens with two attached hydrogens (primary N) is 1. The molecule has 0 spiro atoms. The maximum absolute atomic E-state index is 12.0. The number of carbonyl (C=O) groups excluding carboxylic acids is 2. The maximum atomic E-state index is 12.0. The van der Waals surface area contributed by atoms with Gasteiger partial charge in [-0.1, -0.05) is 24.3 Å². The van der Waals surface area contributed by atoms with Crippen molar-refractivity contribution in [3.05, 3.63) is 35.4 Å². The number of carbonyl (C=O) groups is 3. The van der Waals surface area contributed by atoms with E-state index < -0.39 is 30.9 Å². The Labute approximate surface area is 110 Å². The van der Waals surface area contributed by atoms with Crippen LogP contribution in [0.25, 0.3) is 0 Å². The minimum absolute atomic E-state index is 0.0488. The summed E-state index contributed by atoms with van der Waals surface area (Å²) in [7, 11) is 0. The zero-order chi connectivity index (χ0) is 14.4. The van der Waals surface area contributed by atoms with E-state index in [1.165, 1.54) is 0 Å². The number of carboxylic acid groups (broad SMARTS) is 1. The quantitative estimate of drug-likeness (QED) is 0.751. The van der Waals surface area contributed by atoms with E-state index in [-0.39, 0.29) is 6.42 Å². The summed E-state index contributed by atoms with van der Waals surface area (Å²) < 4.78 is 0. The van der Waals surface area contributed by atoms with Crippen LogP contribution in [0.2, 0.25) is 0 Å². The fraction of sp³-hybridized carbons (Fsp3) is 0.308. The Hall–Kier alpha value is -2.37. The maximum Gasteiger partial charge on any atom is 0.323 e. The number of primary amides is 1. The van der Waals surface area contributed by atoms with Crippen molar-refractivity contribution in [2.45, 2.75) is 13.3 Å². The number of benzene rings is 1. The Kier molecular flexibility index (Phi) is 5.05. The molecular weight excluding hydrogens is 248 g/mol. The lowest BCUT2D eigenvalue weighted by Crippen LogP contribution is -2.42. The third-order valence-electron chi connectivity index (χ3n) is 2.63. The first kappa shape index (κ1) is 14.7. The van der Waals surface area contributed by atoms with Crippen LogP contribution in [0.15, 0.2) is 24.3 Å². The van der Waals surface area contributed by atoms with E-state index in [9.17, 15) is 14.4 Å². The number of amides is 2. The van der Waals surface area contributed by atoms with E-state index in [2.05, 4.69) is 0 Å². The first-order valence-corrected chi connectivity index (χ1v) is 5.72. The molecule has 6 heteroatoms. The normalized spacial score (nSPS) is 9.95. The Morgan fingerprint density at radius 1 is 1.21 bits per heavy atom. The SMILES string of the molecule is Cc1ccccc1CC(=O)N(CC(N)=O)CC(=O)O. The highest BCUT2D eigenvalue weighted by Crippen LogP contribution is 2.09. The zero-order valence-corrected chi connectivity index (χ0v) is 10.6. The lowest BCUT2D eigenvalue weighted by molar-refractivity contribution is -0.145. The smallest absolute Gasteiger partial charge is 0.323 e. The van der Waals surface area contributed by atoms with Gasteiger partial charge in [-0.2, -0.15) is 0 Å². The van der Waals surface area contributed by atoms with Crippen LogP contribution in [0.4, 0.5) is 0 Å². The topological polar surface area (TPSA) is 101 Å². The predicted molar refractivity (Wildman–Crippen MR) is 68.3 cm³/mol. The van der Waals surface area contributed by atoms with E-state index in [0.717, 1.165) is 16.0 Å². The van der Waals surface area contributed by atoms with Gasteiger partial charge in [0.2, 0.25) is 11.8 Å². The van der Waals surface area contributed by atoms with Gasteiger partial charge in [-0.25, -0.2) is 0 Å². The van der Waals surface area contributed by atoms with Crippen LogP contribution < -0.4 is 5.73 Å². The van der Waals surface area contributed by atoms with Gasteiger partial charge in [0.25, 0.3) is 0 Å². The Bertz CT molecular complexity index is 483. The molecule has 6 nitrogen and oxygen atoms in total. The van der Waals surface area contributed by atoms with Gasteiger partial charge in [-0.15, -0.1) is 0 Å². The molecule has 0 aliphatic carbocycles. The molecule has 0 radical (unpaired) electrons. The second-order valence-corrected chi connectivity index (χ2v) is 4.21. The number of carboxylic acids is 1. The lowest BCUT2D eigenvalue weighted by atomic mass is 10.1. The zero-order valence-electron chi connectivity index (χ0n) is 10.6. The molecule has 0 fully saturated rings. The largest absolute Gasteiger partial charge is 0.480 e. The minimum atomic E-state index is -1.18. The molecule has 0 saturated carbocycles. The molecular formula is C13H16N2O4. The molecule has 2 amide bonds. The number of hydrogen-bond donors (Lipinski definition) is 2. The van der Waals surface area contributed by atoms with Crippen LogP contribution in [0.3, 0.4) is 0 Å². The van der Waals surface area contributed by atoms with Gasteiger partial charge in [-0.3, -0.25) is 14.4 Å². The molecule has 0 atom stereocenters. The average Bonchev–Trinajstić information content (AvgIpc) is 2.30. The molecule has 0 heterocycles. The van der Waals surface area contributed by atoms with Gasteiger partial charge in [0.05, 0.1) is 13.0 Å². The molecule has 3 N–H and O–H groups in total. The number of aliphatic carboxylic acids is 1. The van der Waals surface area contributed by atoms with Crippen molar-refractivity contribution >= 4 is 17.8 Å². The van der Waals surface area contributed by atoms with Crippen molar-refractivity contribution in [2.24, 2.45) is 5.73 Å². The van der Waals surface area contributed by atoms with Gasteiger partial charge < -0.3 is 15.7 Å². The summed E-state index contributed by atoms with van der Waals surface area (Å²) in [6.45, 7) is 0.933. The van der Waals surface area contributed by atoms with E-state index in [4.69, 9.17) is 10.8 Å². The van der Waals surface area contributed by atoms with Crippen LogP contribution >= 0.6 is 0 Å². The third kappa shape index (κ3) is 4.79. The molecule has 1 aromatic rings. The number of nitrogens with zero attached hydrogens (tertiary/aromatic N) is 1. The summed E-state index contributed by atoms with van der Waals surface area (Å²) in [6.07, 6.45) is 0.0488. The third-order valence-corrected chi connectivity index (χ3v) is 2.63. The van der Waals surface area contributed by atoms with Gasteiger partial charge in [0.1, 0.15) is 6.54 Å². The highest BCUT2D eigenvalue weighted by molar-refractivity contribution is 5.87. The van der Waals surface area contributed by atoms with Gasteiger partial charge in [-0.05, 0) is 18.1 Å². The van der Waals surface area contributed by atoms with Crippen LogP contribution in [-0.4, -0.2) is 40.9 Å². The number of aryl methyl sites for hydroxylation is 1. The first-order valence-electron chi connectivity index (χ1n) is 5.72. The van der Waals surface area contributed by atoms with Crippen LogP contribution in [-0.2, 0) is 20.8 Å². The molecule has 0 aliphatic heterocycles. The van der Waals surface area contributed by atoms with Crippen LogP contribution in [0.5, 0.6) is 0 Å². The highest BCUT2D eigenvalue weighted by Gasteiger charge is 2.19. The standard InChI is InChI=1S/C13H16N2O4/c1-9-4-2-3-5-10(9)6-12(17)15(7-11(14)16)8-13(18)19/h2-5H,6-8H2,1H3,(H2,14,16)(H,18,19). The number of hydrogen-bond acceptors (Lipinski definition) is 3. The predicted octanol–water partition coefficient (Wildman–Crippen LogP) is -0.0640. The summed E-state index contributed by atoms with van der Waals surface area (Å²) in [4.78, 5) is 34.5. The molecule has 0 bridgehead atoms. The lowest BCUT2D eigenvalue weighted by Gasteiger charge is -2.19. The summed E-state index contributed by atoms with van der Waals surface area (Å²) >= 11 is 0. The first-order chi connectivity index (χ1) is 8.90. The molecule has 0 aromatic heterocycles. The molecule has 19 heavy (non-hydrogen) atoms. The Balaban J connectivity index is 2.79.